The summed E-state index contributed by atoms with van der Waals surface area (Å²) in [5.41, 5.74) is 0. The second-order valence-electron chi connectivity index (χ2n) is 6.60. The third-order valence-corrected chi connectivity index (χ3v) is 5.57. The number of carboxylic acid groups (broad SMARTS) is 1. The molecule has 2 heterocycles. The van der Waals surface area contributed by atoms with Crippen molar-refractivity contribution in [3.8, 4) is 0 Å². The van der Waals surface area contributed by atoms with E-state index in [-0.39, 0.29) is 41.7 Å². The number of piperidine rings is 1. The smallest absolute Gasteiger partial charge is 0.309 e. The zero-order valence-corrected chi connectivity index (χ0v) is 12.3. The Balaban J connectivity index is 1.89. The molecule has 1 amide bonds. The summed E-state index contributed by atoms with van der Waals surface area (Å²) in [7, 11) is 0. The fourth-order valence-electron chi connectivity index (χ4n) is 4.65. The van der Waals surface area contributed by atoms with Crippen LogP contribution in [0.1, 0.15) is 26.7 Å². The summed E-state index contributed by atoms with van der Waals surface area (Å²) in [4.78, 5) is 37.1. The third kappa shape index (κ3) is 2.21. The summed E-state index contributed by atoms with van der Waals surface area (Å²) in [6, 6.07) is 0. The number of carboxylic acids is 1. The summed E-state index contributed by atoms with van der Waals surface area (Å²) < 4.78 is 5.29. The van der Waals surface area contributed by atoms with Gasteiger partial charge in [0.1, 0.15) is 6.10 Å². The van der Waals surface area contributed by atoms with Gasteiger partial charge in [0.15, 0.2) is 0 Å². The van der Waals surface area contributed by atoms with E-state index in [0.29, 0.717) is 25.9 Å². The molecule has 6 nitrogen and oxygen atoms in total. The summed E-state index contributed by atoms with van der Waals surface area (Å²) in [6.45, 7) is 4.51. The Morgan fingerprint density at radius 1 is 1.38 bits per heavy atom. The Morgan fingerprint density at radius 3 is 2.71 bits per heavy atom. The number of hydrogen-bond acceptors (Lipinski definition) is 4. The van der Waals surface area contributed by atoms with E-state index < -0.39 is 11.9 Å². The molecule has 1 N–H and O–H groups in total. The van der Waals surface area contributed by atoms with Gasteiger partial charge in [-0.15, -0.1) is 0 Å². The molecule has 0 spiro atoms. The second-order valence-corrected chi connectivity index (χ2v) is 6.60. The number of rotatable bonds is 1. The van der Waals surface area contributed by atoms with E-state index in [4.69, 9.17) is 4.74 Å². The minimum absolute atomic E-state index is 0.0183. The third-order valence-electron chi connectivity index (χ3n) is 5.57. The van der Waals surface area contributed by atoms with Gasteiger partial charge in [-0.2, -0.15) is 0 Å². The number of esters is 1. The summed E-state index contributed by atoms with van der Waals surface area (Å²) >= 11 is 0. The maximum atomic E-state index is 12.0. The topological polar surface area (TPSA) is 83.9 Å². The molecule has 6 heteroatoms. The number of carbonyl (C=O) groups excluding carboxylic acids is 2. The number of nitrogens with zero attached hydrogens (tertiary/aromatic N) is 1. The Bertz CT molecular complexity index is 490. The van der Waals surface area contributed by atoms with Crippen molar-refractivity contribution < 1.29 is 24.2 Å². The van der Waals surface area contributed by atoms with Crippen molar-refractivity contribution in [3.05, 3.63) is 0 Å². The first-order valence-electron chi connectivity index (χ1n) is 7.59. The van der Waals surface area contributed by atoms with Crippen LogP contribution in [0.5, 0.6) is 0 Å². The molecule has 2 aliphatic heterocycles. The van der Waals surface area contributed by atoms with Crippen molar-refractivity contribution in [2.75, 3.05) is 13.1 Å². The highest BCUT2D eigenvalue weighted by atomic mass is 16.6. The minimum atomic E-state index is -0.832. The molecular weight excluding hydrogens is 274 g/mol. The van der Waals surface area contributed by atoms with Crippen molar-refractivity contribution >= 4 is 17.8 Å². The van der Waals surface area contributed by atoms with Crippen LogP contribution in [0, 0.1) is 29.6 Å². The second kappa shape index (κ2) is 5.00. The SMILES string of the molecule is CC(=O)N1CC[C@@H]2[C@H](C[C@H]3C(=O)O[C@H](C)[C@H]3[C@H]2C(=O)O)C1. The maximum Gasteiger partial charge on any atom is 0.309 e. The highest BCUT2D eigenvalue weighted by molar-refractivity contribution is 5.79. The predicted molar refractivity (Wildman–Crippen MR) is 72.1 cm³/mol. The first-order chi connectivity index (χ1) is 9.90. The predicted octanol–water partition coefficient (Wildman–Crippen LogP) is 0.753. The Labute approximate surface area is 123 Å². The molecular formula is C15H21NO5. The van der Waals surface area contributed by atoms with Gasteiger partial charge in [-0.25, -0.2) is 0 Å². The van der Waals surface area contributed by atoms with Gasteiger partial charge in [0.2, 0.25) is 5.91 Å². The summed E-state index contributed by atoms with van der Waals surface area (Å²) in [5, 5.41) is 9.66. The van der Waals surface area contributed by atoms with Gasteiger partial charge in [-0.3, -0.25) is 14.4 Å². The van der Waals surface area contributed by atoms with Crippen molar-refractivity contribution in [2.45, 2.75) is 32.8 Å². The van der Waals surface area contributed by atoms with Gasteiger partial charge < -0.3 is 14.7 Å². The van der Waals surface area contributed by atoms with Crippen LogP contribution in [-0.2, 0) is 19.1 Å². The number of hydrogen-bond donors (Lipinski definition) is 1. The molecule has 3 fully saturated rings. The van der Waals surface area contributed by atoms with E-state index in [1.54, 1.807) is 11.8 Å². The molecule has 3 aliphatic rings. The Morgan fingerprint density at radius 2 is 2.10 bits per heavy atom. The van der Waals surface area contributed by atoms with Crippen molar-refractivity contribution in [3.63, 3.8) is 0 Å². The van der Waals surface area contributed by atoms with Gasteiger partial charge in [0.25, 0.3) is 0 Å². The lowest BCUT2D eigenvalue weighted by molar-refractivity contribution is -0.154. The molecule has 116 valence electrons. The molecule has 0 unspecified atom stereocenters. The van der Waals surface area contributed by atoms with Crippen LogP contribution in [0.3, 0.4) is 0 Å². The number of fused-ring (bicyclic) bond motifs is 2. The molecule has 6 atom stereocenters. The lowest BCUT2D eigenvalue weighted by atomic mass is 9.59. The van der Waals surface area contributed by atoms with E-state index in [1.807, 2.05) is 0 Å². The summed E-state index contributed by atoms with van der Waals surface area (Å²) in [5.74, 6) is -2.04. The lowest BCUT2D eigenvalue weighted by Crippen LogP contribution is -2.53. The van der Waals surface area contributed by atoms with Crippen LogP contribution in [0.2, 0.25) is 0 Å². The first-order valence-corrected chi connectivity index (χ1v) is 7.59. The van der Waals surface area contributed by atoms with E-state index in [1.165, 1.54) is 6.92 Å². The van der Waals surface area contributed by atoms with E-state index >= 15 is 0 Å². The largest absolute Gasteiger partial charge is 0.481 e. The van der Waals surface area contributed by atoms with Crippen LogP contribution in [0.25, 0.3) is 0 Å². The number of amides is 1. The van der Waals surface area contributed by atoms with E-state index in [0.717, 1.165) is 0 Å². The molecule has 21 heavy (non-hydrogen) atoms. The average Bonchev–Trinajstić information content (AvgIpc) is 2.70. The number of likely N-dealkylation sites (tertiary alicyclic amines) is 1. The van der Waals surface area contributed by atoms with Gasteiger partial charge in [0, 0.05) is 25.9 Å². The zero-order valence-electron chi connectivity index (χ0n) is 12.3. The maximum absolute atomic E-state index is 12.0. The molecule has 1 saturated carbocycles. The number of carbonyl (C=O) groups is 3. The summed E-state index contributed by atoms with van der Waals surface area (Å²) in [6.07, 6.45) is 1.02. The molecule has 0 aromatic rings. The minimum Gasteiger partial charge on any atom is -0.481 e. The normalized spacial score (nSPS) is 42.0. The fraction of sp³-hybridized carbons (Fsp3) is 0.800. The van der Waals surface area contributed by atoms with Crippen LogP contribution in [0.15, 0.2) is 0 Å². The molecule has 0 aromatic heterocycles. The molecule has 0 radical (unpaired) electrons. The van der Waals surface area contributed by atoms with E-state index in [9.17, 15) is 19.5 Å². The molecule has 2 saturated heterocycles. The van der Waals surface area contributed by atoms with Crippen LogP contribution >= 0.6 is 0 Å². The number of aliphatic carboxylic acids is 1. The molecule has 3 rings (SSSR count). The van der Waals surface area contributed by atoms with Crippen LogP contribution < -0.4 is 0 Å². The first kappa shape index (κ1) is 14.4. The standard InChI is InChI=1S/C15H21NO5/c1-7-12-11(15(20)21-7)5-9-6-16(8(2)17)4-3-10(9)13(12)14(18)19/h7,9-13H,3-6H2,1-2H3,(H,18,19)/t7-,9-,10-,11-,12-,13+/m1/s1. The lowest BCUT2D eigenvalue weighted by Gasteiger charge is -2.47. The van der Waals surface area contributed by atoms with Crippen molar-refractivity contribution in [1.29, 1.82) is 0 Å². The number of cyclic esters (lactones) is 1. The van der Waals surface area contributed by atoms with Crippen LogP contribution in [0.4, 0.5) is 0 Å². The molecule has 0 aromatic carbocycles. The quantitative estimate of drug-likeness (QED) is 0.722. The zero-order chi connectivity index (χ0) is 15.3. The Kier molecular flexibility index (Phi) is 3.42. The van der Waals surface area contributed by atoms with Crippen molar-refractivity contribution in [1.82, 2.24) is 4.90 Å². The Hall–Kier alpha value is -1.59. The fourth-order valence-corrected chi connectivity index (χ4v) is 4.65. The average molecular weight is 295 g/mol. The van der Waals surface area contributed by atoms with Gasteiger partial charge in [-0.1, -0.05) is 0 Å². The van der Waals surface area contributed by atoms with Gasteiger partial charge >= 0.3 is 11.9 Å². The van der Waals surface area contributed by atoms with Crippen LogP contribution in [-0.4, -0.2) is 47.0 Å². The van der Waals surface area contributed by atoms with Gasteiger partial charge in [-0.05, 0) is 31.6 Å². The van der Waals surface area contributed by atoms with Gasteiger partial charge in [0.05, 0.1) is 11.8 Å². The highest BCUT2D eigenvalue weighted by Crippen LogP contribution is 2.51. The highest BCUT2D eigenvalue weighted by Gasteiger charge is 2.57. The molecule has 0 bridgehead atoms. The number of ether oxygens (including phenoxy) is 1. The monoisotopic (exact) mass is 295 g/mol. The van der Waals surface area contributed by atoms with Crippen molar-refractivity contribution in [2.24, 2.45) is 29.6 Å². The van der Waals surface area contributed by atoms with E-state index in [2.05, 4.69) is 0 Å². The molecule has 1 aliphatic carbocycles.